The van der Waals surface area contributed by atoms with Gasteiger partial charge in [0.25, 0.3) is 0 Å². The second-order valence-corrected chi connectivity index (χ2v) is 4.26. The molecule has 1 aromatic heterocycles. The first-order valence-electron chi connectivity index (χ1n) is 6.42. The first-order valence-corrected chi connectivity index (χ1v) is 6.42. The maximum atomic E-state index is 11.8. The van der Waals surface area contributed by atoms with Crippen molar-refractivity contribution in [2.45, 2.75) is 26.2 Å². The lowest BCUT2D eigenvalue weighted by Crippen LogP contribution is -2.32. The SMILES string of the molecule is CCOC(=O)CN(C)C(=O)CCCc1ccncc1. The largest absolute Gasteiger partial charge is 0.465 e. The van der Waals surface area contributed by atoms with Crippen LogP contribution in [0.3, 0.4) is 0 Å². The molecule has 1 rings (SSSR count). The Bertz CT molecular complexity index is 406. The minimum atomic E-state index is -0.368. The number of pyridine rings is 1. The van der Waals surface area contributed by atoms with Gasteiger partial charge in [0, 0.05) is 25.9 Å². The second-order valence-electron chi connectivity index (χ2n) is 4.26. The Morgan fingerprint density at radius 1 is 1.32 bits per heavy atom. The highest BCUT2D eigenvalue weighted by Crippen LogP contribution is 2.05. The van der Waals surface area contributed by atoms with Crippen LogP contribution in [-0.2, 0) is 20.7 Å². The molecule has 0 aliphatic rings. The summed E-state index contributed by atoms with van der Waals surface area (Å²) in [6.07, 6.45) is 5.50. The number of esters is 1. The van der Waals surface area contributed by atoms with Crippen LogP contribution >= 0.6 is 0 Å². The third-order valence-corrected chi connectivity index (χ3v) is 2.70. The maximum absolute atomic E-state index is 11.8. The Hall–Kier alpha value is -1.91. The van der Waals surface area contributed by atoms with Gasteiger partial charge in [-0.1, -0.05) is 0 Å². The Morgan fingerprint density at radius 2 is 2.00 bits per heavy atom. The lowest BCUT2D eigenvalue weighted by Gasteiger charge is -2.15. The Kier molecular flexibility index (Phi) is 6.57. The van der Waals surface area contributed by atoms with Crippen LogP contribution in [0.1, 0.15) is 25.3 Å². The minimum absolute atomic E-state index is 0.0158. The highest BCUT2D eigenvalue weighted by atomic mass is 16.5. The van der Waals surface area contributed by atoms with Gasteiger partial charge in [-0.15, -0.1) is 0 Å². The smallest absolute Gasteiger partial charge is 0.325 e. The van der Waals surface area contributed by atoms with Gasteiger partial charge in [0.1, 0.15) is 6.54 Å². The zero-order valence-corrected chi connectivity index (χ0v) is 11.5. The number of nitrogens with zero attached hydrogens (tertiary/aromatic N) is 2. The van der Waals surface area contributed by atoms with Crippen molar-refractivity contribution in [3.63, 3.8) is 0 Å². The summed E-state index contributed by atoms with van der Waals surface area (Å²) in [5.74, 6) is -0.408. The summed E-state index contributed by atoms with van der Waals surface area (Å²) >= 11 is 0. The molecule has 5 heteroatoms. The summed E-state index contributed by atoms with van der Waals surface area (Å²) in [5.41, 5.74) is 1.16. The van der Waals surface area contributed by atoms with Gasteiger partial charge in [-0.05, 0) is 37.5 Å². The van der Waals surface area contributed by atoms with Crippen LogP contribution in [0, 0.1) is 0 Å². The van der Waals surface area contributed by atoms with Crippen LogP contribution in [0.15, 0.2) is 24.5 Å². The van der Waals surface area contributed by atoms with Gasteiger partial charge in [-0.3, -0.25) is 14.6 Å². The van der Waals surface area contributed by atoms with Crippen molar-refractivity contribution in [1.29, 1.82) is 0 Å². The standard InChI is InChI=1S/C14H20N2O3/c1-3-19-14(18)11-16(2)13(17)6-4-5-12-7-9-15-10-8-12/h7-10H,3-6,11H2,1-2H3. The predicted octanol–water partition coefficient (Wildman–Crippen LogP) is 1.43. The quantitative estimate of drug-likeness (QED) is 0.699. The number of hydrogen-bond donors (Lipinski definition) is 0. The fourth-order valence-electron chi connectivity index (χ4n) is 1.67. The monoisotopic (exact) mass is 264 g/mol. The number of carbonyl (C=O) groups excluding carboxylic acids is 2. The van der Waals surface area contributed by atoms with Gasteiger partial charge in [-0.2, -0.15) is 0 Å². The first-order chi connectivity index (χ1) is 9.13. The van der Waals surface area contributed by atoms with Gasteiger partial charge in [0.15, 0.2) is 0 Å². The van der Waals surface area contributed by atoms with Crippen molar-refractivity contribution in [1.82, 2.24) is 9.88 Å². The van der Waals surface area contributed by atoms with Gasteiger partial charge in [-0.25, -0.2) is 0 Å². The highest BCUT2D eigenvalue weighted by molar-refractivity contribution is 5.81. The van der Waals surface area contributed by atoms with Crippen LogP contribution < -0.4 is 0 Å². The number of ether oxygens (including phenoxy) is 1. The number of rotatable bonds is 7. The van der Waals surface area contributed by atoms with E-state index >= 15 is 0 Å². The maximum Gasteiger partial charge on any atom is 0.325 e. The van der Waals surface area contributed by atoms with Crippen LogP contribution in [0.25, 0.3) is 0 Å². The van der Waals surface area contributed by atoms with E-state index in [4.69, 9.17) is 4.74 Å². The Labute approximate surface area is 113 Å². The normalized spacial score (nSPS) is 10.0. The van der Waals surface area contributed by atoms with Crippen molar-refractivity contribution in [2.75, 3.05) is 20.2 Å². The third kappa shape index (κ3) is 5.99. The van der Waals surface area contributed by atoms with Gasteiger partial charge < -0.3 is 9.64 Å². The summed E-state index contributed by atoms with van der Waals surface area (Å²) in [5, 5.41) is 0. The number of aromatic nitrogens is 1. The van der Waals surface area contributed by atoms with Gasteiger partial charge >= 0.3 is 5.97 Å². The summed E-state index contributed by atoms with van der Waals surface area (Å²) in [6.45, 7) is 2.10. The minimum Gasteiger partial charge on any atom is -0.465 e. The van der Waals surface area contributed by atoms with Crippen LogP contribution in [-0.4, -0.2) is 42.0 Å². The van der Waals surface area contributed by atoms with Crippen LogP contribution in [0.5, 0.6) is 0 Å². The number of hydrogen-bond acceptors (Lipinski definition) is 4. The molecule has 1 heterocycles. The fraction of sp³-hybridized carbons (Fsp3) is 0.500. The number of likely N-dealkylation sites (N-methyl/N-ethyl adjacent to an activating group) is 1. The summed E-state index contributed by atoms with van der Waals surface area (Å²) in [4.78, 5) is 28.4. The van der Waals surface area contributed by atoms with E-state index < -0.39 is 0 Å². The van der Waals surface area contributed by atoms with Crippen LogP contribution in [0.2, 0.25) is 0 Å². The second kappa shape index (κ2) is 8.24. The molecule has 0 aliphatic carbocycles. The molecule has 1 aromatic rings. The molecule has 0 fully saturated rings. The molecule has 0 aliphatic heterocycles. The van der Waals surface area contributed by atoms with E-state index in [2.05, 4.69) is 4.98 Å². The van der Waals surface area contributed by atoms with Crippen molar-refractivity contribution in [2.24, 2.45) is 0 Å². The Balaban J connectivity index is 2.25. The van der Waals surface area contributed by atoms with Crippen molar-refractivity contribution in [3.05, 3.63) is 30.1 Å². The van der Waals surface area contributed by atoms with Crippen molar-refractivity contribution < 1.29 is 14.3 Å². The zero-order valence-electron chi connectivity index (χ0n) is 11.5. The van der Waals surface area contributed by atoms with Crippen LogP contribution in [0.4, 0.5) is 0 Å². The molecule has 0 saturated heterocycles. The molecule has 5 nitrogen and oxygen atoms in total. The summed E-state index contributed by atoms with van der Waals surface area (Å²) < 4.78 is 4.80. The average molecular weight is 264 g/mol. The molecular formula is C14H20N2O3. The molecule has 19 heavy (non-hydrogen) atoms. The molecule has 0 N–H and O–H groups in total. The summed E-state index contributed by atoms with van der Waals surface area (Å²) in [7, 11) is 1.62. The van der Waals surface area contributed by atoms with E-state index in [1.54, 1.807) is 26.4 Å². The zero-order chi connectivity index (χ0) is 14.1. The fourth-order valence-corrected chi connectivity index (χ4v) is 1.67. The van der Waals surface area contributed by atoms with E-state index in [1.807, 2.05) is 12.1 Å². The van der Waals surface area contributed by atoms with E-state index in [0.717, 1.165) is 18.4 Å². The predicted molar refractivity (Wildman–Crippen MR) is 71.4 cm³/mol. The molecule has 0 bridgehead atoms. The molecule has 1 amide bonds. The molecule has 0 unspecified atom stereocenters. The average Bonchev–Trinajstić information content (AvgIpc) is 2.40. The van der Waals surface area contributed by atoms with Crippen molar-refractivity contribution >= 4 is 11.9 Å². The molecule has 0 radical (unpaired) electrons. The van der Waals surface area contributed by atoms with Gasteiger partial charge in [0.2, 0.25) is 5.91 Å². The van der Waals surface area contributed by atoms with Crippen molar-refractivity contribution in [3.8, 4) is 0 Å². The van der Waals surface area contributed by atoms with E-state index in [1.165, 1.54) is 4.90 Å². The Morgan fingerprint density at radius 3 is 2.63 bits per heavy atom. The molecule has 0 spiro atoms. The lowest BCUT2D eigenvalue weighted by molar-refractivity contribution is -0.148. The highest BCUT2D eigenvalue weighted by Gasteiger charge is 2.12. The molecular weight excluding hydrogens is 244 g/mol. The molecule has 0 saturated carbocycles. The number of carbonyl (C=O) groups is 2. The molecule has 104 valence electrons. The topological polar surface area (TPSA) is 59.5 Å². The lowest BCUT2D eigenvalue weighted by atomic mass is 10.1. The third-order valence-electron chi connectivity index (χ3n) is 2.70. The van der Waals surface area contributed by atoms with E-state index in [0.29, 0.717) is 13.0 Å². The number of aryl methyl sites for hydroxylation is 1. The van der Waals surface area contributed by atoms with Gasteiger partial charge in [0.05, 0.1) is 6.61 Å². The van der Waals surface area contributed by atoms with E-state index in [-0.39, 0.29) is 18.4 Å². The molecule has 0 atom stereocenters. The number of amides is 1. The van der Waals surface area contributed by atoms with E-state index in [9.17, 15) is 9.59 Å². The summed E-state index contributed by atoms with van der Waals surface area (Å²) in [6, 6.07) is 3.87. The first kappa shape index (κ1) is 15.1. The molecule has 0 aromatic carbocycles.